The molecule has 0 saturated heterocycles. The first-order valence-electron chi connectivity index (χ1n) is 7.44. The van der Waals surface area contributed by atoms with Crippen LogP contribution in [-0.2, 0) is 14.6 Å². The van der Waals surface area contributed by atoms with Crippen LogP contribution >= 0.6 is 0 Å². The Morgan fingerprint density at radius 2 is 1.74 bits per heavy atom. The van der Waals surface area contributed by atoms with Crippen LogP contribution in [0.4, 0.5) is 5.69 Å². The van der Waals surface area contributed by atoms with E-state index in [-0.39, 0.29) is 23.0 Å². The second-order valence-corrected chi connectivity index (χ2v) is 7.84. The number of hydrogen-bond acceptors (Lipinski definition) is 3. The molecule has 0 spiro atoms. The van der Waals surface area contributed by atoms with Gasteiger partial charge in [-0.05, 0) is 61.7 Å². The highest BCUT2D eigenvalue weighted by molar-refractivity contribution is 7.91. The zero-order valence-corrected chi connectivity index (χ0v) is 14.4. The van der Waals surface area contributed by atoms with Gasteiger partial charge in [-0.1, -0.05) is 18.2 Å². The van der Waals surface area contributed by atoms with Gasteiger partial charge in [-0.25, -0.2) is 8.42 Å². The summed E-state index contributed by atoms with van der Waals surface area (Å²) >= 11 is 0. The van der Waals surface area contributed by atoms with Crippen molar-refractivity contribution in [2.45, 2.75) is 32.1 Å². The fourth-order valence-electron chi connectivity index (χ4n) is 2.20. The first-order chi connectivity index (χ1) is 10.8. The lowest BCUT2D eigenvalue weighted by Crippen LogP contribution is -2.17. The number of anilines is 1. The Kier molecular flexibility index (Phi) is 5.21. The highest BCUT2D eigenvalue weighted by atomic mass is 32.2. The Morgan fingerprint density at radius 3 is 2.39 bits per heavy atom. The molecule has 23 heavy (non-hydrogen) atoms. The third-order valence-corrected chi connectivity index (χ3v) is 5.45. The lowest BCUT2D eigenvalue weighted by molar-refractivity contribution is -0.115. The number of carbonyl (C=O) groups is 1. The van der Waals surface area contributed by atoms with Crippen LogP contribution in [0.3, 0.4) is 0 Å². The molecule has 2 aromatic rings. The molecule has 0 aliphatic rings. The Morgan fingerprint density at radius 1 is 1.00 bits per heavy atom. The van der Waals surface area contributed by atoms with Gasteiger partial charge in [0.15, 0.2) is 9.84 Å². The maximum absolute atomic E-state index is 12.3. The Hall–Kier alpha value is -2.14. The van der Waals surface area contributed by atoms with Crippen molar-refractivity contribution in [1.82, 2.24) is 0 Å². The first kappa shape index (κ1) is 17.2. The SMILES string of the molecule is Cc1cccc(NC(=O)CCS(=O)(=O)c2ccc(C)c(C)c2)c1. The number of hydrogen-bond donors (Lipinski definition) is 1. The number of sulfone groups is 1. The van der Waals surface area contributed by atoms with E-state index in [2.05, 4.69) is 5.32 Å². The zero-order valence-electron chi connectivity index (χ0n) is 13.6. The van der Waals surface area contributed by atoms with Crippen LogP contribution in [-0.4, -0.2) is 20.1 Å². The van der Waals surface area contributed by atoms with E-state index in [1.54, 1.807) is 24.3 Å². The van der Waals surface area contributed by atoms with E-state index in [0.717, 1.165) is 16.7 Å². The van der Waals surface area contributed by atoms with Crippen molar-refractivity contribution in [3.63, 3.8) is 0 Å². The van der Waals surface area contributed by atoms with E-state index in [4.69, 9.17) is 0 Å². The Labute approximate surface area is 137 Å². The number of benzene rings is 2. The molecule has 4 nitrogen and oxygen atoms in total. The maximum atomic E-state index is 12.3. The van der Waals surface area contributed by atoms with Gasteiger partial charge in [0, 0.05) is 12.1 Å². The Bertz CT molecular complexity index is 826. The molecule has 2 aromatic carbocycles. The number of amides is 1. The van der Waals surface area contributed by atoms with Gasteiger partial charge in [-0.2, -0.15) is 0 Å². The second-order valence-electron chi connectivity index (χ2n) is 5.73. The van der Waals surface area contributed by atoms with Gasteiger partial charge in [0.1, 0.15) is 0 Å². The summed E-state index contributed by atoms with van der Waals surface area (Å²) in [5.74, 6) is -0.504. The summed E-state index contributed by atoms with van der Waals surface area (Å²) < 4.78 is 24.7. The molecule has 0 heterocycles. The van der Waals surface area contributed by atoms with Gasteiger partial charge < -0.3 is 5.32 Å². The standard InChI is InChI=1S/C18H21NO3S/c1-13-5-4-6-16(11-13)19-18(20)9-10-23(21,22)17-8-7-14(2)15(3)12-17/h4-8,11-12H,9-10H2,1-3H3,(H,19,20). The molecule has 0 aliphatic carbocycles. The lowest BCUT2D eigenvalue weighted by atomic mass is 10.1. The van der Waals surface area contributed by atoms with Crippen LogP contribution in [0.15, 0.2) is 47.4 Å². The summed E-state index contributed by atoms with van der Waals surface area (Å²) in [5, 5.41) is 2.72. The molecule has 0 atom stereocenters. The molecule has 0 unspecified atom stereocenters. The molecule has 0 aromatic heterocycles. The minimum absolute atomic E-state index is 0.0663. The fourth-order valence-corrected chi connectivity index (χ4v) is 3.52. The minimum Gasteiger partial charge on any atom is -0.326 e. The van der Waals surface area contributed by atoms with Gasteiger partial charge in [0.2, 0.25) is 5.91 Å². The van der Waals surface area contributed by atoms with Crippen LogP contribution in [0.25, 0.3) is 0 Å². The molecule has 0 radical (unpaired) electrons. The molecule has 1 N–H and O–H groups in total. The third kappa shape index (κ3) is 4.66. The quantitative estimate of drug-likeness (QED) is 0.913. The van der Waals surface area contributed by atoms with Crippen LogP contribution in [0.1, 0.15) is 23.1 Å². The predicted molar refractivity (Wildman–Crippen MR) is 92.4 cm³/mol. The molecular weight excluding hydrogens is 310 g/mol. The highest BCUT2D eigenvalue weighted by Crippen LogP contribution is 2.17. The zero-order chi connectivity index (χ0) is 17.0. The molecule has 0 fully saturated rings. The number of carbonyl (C=O) groups excluding carboxylic acids is 1. The van der Waals surface area contributed by atoms with Crippen LogP contribution in [0.2, 0.25) is 0 Å². The fraction of sp³-hybridized carbons (Fsp3) is 0.278. The van der Waals surface area contributed by atoms with Crippen LogP contribution in [0.5, 0.6) is 0 Å². The average Bonchev–Trinajstić information content (AvgIpc) is 2.48. The summed E-state index contributed by atoms with van der Waals surface area (Å²) in [4.78, 5) is 12.2. The van der Waals surface area contributed by atoms with Crippen molar-refractivity contribution in [3.05, 3.63) is 59.2 Å². The lowest BCUT2D eigenvalue weighted by Gasteiger charge is -2.08. The van der Waals surface area contributed by atoms with E-state index in [9.17, 15) is 13.2 Å². The largest absolute Gasteiger partial charge is 0.326 e. The van der Waals surface area contributed by atoms with Gasteiger partial charge in [-0.3, -0.25) is 4.79 Å². The van der Waals surface area contributed by atoms with E-state index >= 15 is 0 Å². The van der Waals surface area contributed by atoms with Crippen molar-refractivity contribution in [2.24, 2.45) is 0 Å². The number of rotatable bonds is 5. The summed E-state index contributed by atoms with van der Waals surface area (Å²) in [7, 11) is -3.46. The summed E-state index contributed by atoms with van der Waals surface area (Å²) in [6.45, 7) is 5.74. The molecular formula is C18H21NO3S. The smallest absolute Gasteiger partial charge is 0.225 e. The number of nitrogens with one attached hydrogen (secondary N) is 1. The Balaban J connectivity index is 2.01. The van der Waals surface area contributed by atoms with Gasteiger partial charge >= 0.3 is 0 Å². The maximum Gasteiger partial charge on any atom is 0.225 e. The summed E-state index contributed by atoms with van der Waals surface area (Å²) in [5.41, 5.74) is 3.68. The minimum atomic E-state index is -3.46. The molecule has 5 heteroatoms. The number of aryl methyl sites for hydroxylation is 3. The van der Waals surface area contributed by atoms with Gasteiger partial charge in [0.25, 0.3) is 0 Å². The van der Waals surface area contributed by atoms with Crippen molar-refractivity contribution >= 4 is 21.4 Å². The van der Waals surface area contributed by atoms with Gasteiger partial charge in [-0.15, -0.1) is 0 Å². The molecule has 0 saturated carbocycles. The summed E-state index contributed by atoms with van der Waals surface area (Å²) in [6.07, 6.45) is -0.0663. The first-order valence-corrected chi connectivity index (χ1v) is 9.10. The summed E-state index contributed by atoms with van der Waals surface area (Å²) in [6, 6.07) is 12.4. The molecule has 1 amide bonds. The second kappa shape index (κ2) is 6.96. The van der Waals surface area contributed by atoms with Crippen molar-refractivity contribution in [1.29, 1.82) is 0 Å². The van der Waals surface area contributed by atoms with E-state index < -0.39 is 9.84 Å². The molecule has 0 bridgehead atoms. The third-order valence-electron chi connectivity index (χ3n) is 3.74. The average molecular weight is 331 g/mol. The van der Waals surface area contributed by atoms with E-state index in [0.29, 0.717) is 5.69 Å². The predicted octanol–water partition coefficient (Wildman–Crippen LogP) is 3.41. The van der Waals surface area contributed by atoms with Crippen molar-refractivity contribution in [3.8, 4) is 0 Å². The highest BCUT2D eigenvalue weighted by Gasteiger charge is 2.17. The van der Waals surface area contributed by atoms with E-state index in [1.807, 2.05) is 39.0 Å². The van der Waals surface area contributed by atoms with Gasteiger partial charge in [0.05, 0.1) is 10.6 Å². The van der Waals surface area contributed by atoms with Crippen molar-refractivity contribution in [2.75, 3.05) is 11.1 Å². The monoisotopic (exact) mass is 331 g/mol. The van der Waals surface area contributed by atoms with Crippen LogP contribution < -0.4 is 5.32 Å². The van der Waals surface area contributed by atoms with Crippen molar-refractivity contribution < 1.29 is 13.2 Å². The normalized spacial score (nSPS) is 11.3. The van der Waals surface area contributed by atoms with E-state index in [1.165, 1.54) is 0 Å². The molecule has 122 valence electrons. The topological polar surface area (TPSA) is 63.2 Å². The molecule has 2 rings (SSSR count). The molecule has 0 aliphatic heterocycles. The van der Waals surface area contributed by atoms with Crippen LogP contribution in [0, 0.1) is 20.8 Å².